The van der Waals surface area contributed by atoms with Crippen LogP contribution in [0.1, 0.15) is 24.0 Å². The summed E-state index contributed by atoms with van der Waals surface area (Å²) in [7, 11) is 0. The van der Waals surface area contributed by atoms with E-state index in [0.717, 1.165) is 24.9 Å². The molecule has 1 fully saturated rings. The first-order valence-corrected chi connectivity index (χ1v) is 6.37. The highest BCUT2D eigenvalue weighted by Gasteiger charge is 2.20. The number of hydrogen-bond donors (Lipinski definition) is 1. The third-order valence-electron chi connectivity index (χ3n) is 3.17. The summed E-state index contributed by atoms with van der Waals surface area (Å²) in [6, 6.07) is 8.01. The van der Waals surface area contributed by atoms with Crippen molar-refractivity contribution in [2.45, 2.75) is 25.9 Å². The Morgan fingerprint density at radius 3 is 3.06 bits per heavy atom. The molecule has 0 radical (unpaired) electrons. The zero-order chi connectivity index (χ0) is 13.0. The van der Waals surface area contributed by atoms with E-state index in [1.54, 1.807) is 11.0 Å². The van der Waals surface area contributed by atoms with Crippen LogP contribution in [0.3, 0.4) is 0 Å². The van der Waals surface area contributed by atoms with Crippen LogP contribution in [0.4, 0.5) is 0 Å². The number of aryl methyl sites for hydroxylation is 1. The van der Waals surface area contributed by atoms with Gasteiger partial charge >= 0.3 is 0 Å². The first kappa shape index (κ1) is 12.8. The van der Waals surface area contributed by atoms with Gasteiger partial charge in [0.1, 0.15) is 0 Å². The van der Waals surface area contributed by atoms with Crippen LogP contribution in [0.5, 0.6) is 0 Å². The molecule has 18 heavy (non-hydrogen) atoms. The minimum Gasteiger partial charge on any atom is -0.391 e. The lowest BCUT2D eigenvalue weighted by Gasteiger charge is -2.29. The quantitative estimate of drug-likeness (QED) is 0.809. The highest BCUT2D eigenvalue weighted by molar-refractivity contribution is 5.91. The van der Waals surface area contributed by atoms with E-state index in [-0.39, 0.29) is 12.0 Å². The standard InChI is InChI=1S/C15H19NO2/c1-12-4-2-5-13(10-12)7-8-15(18)16-9-3-6-14(17)11-16/h2,4-5,7-8,10,14,17H,3,6,9,11H2,1H3. The number of carbonyl (C=O) groups is 1. The van der Waals surface area contributed by atoms with Gasteiger partial charge in [0.05, 0.1) is 6.10 Å². The lowest BCUT2D eigenvalue weighted by atomic mass is 10.1. The molecule has 1 aromatic rings. The van der Waals surface area contributed by atoms with Gasteiger partial charge in [0.25, 0.3) is 0 Å². The second-order valence-corrected chi connectivity index (χ2v) is 4.83. The van der Waals surface area contributed by atoms with E-state index in [9.17, 15) is 9.90 Å². The smallest absolute Gasteiger partial charge is 0.246 e. The van der Waals surface area contributed by atoms with Gasteiger partial charge in [-0.3, -0.25) is 4.79 Å². The third-order valence-corrected chi connectivity index (χ3v) is 3.17. The average Bonchev–Trinajstić information content (AvgIpc) is 2.36. The molecule has 1 heterocycles. The number of β-amino-alcohol motifs (C(OH)–C–C–N with tert-alkyl or cyclic N) is 1. The highest BCUT2D eigenvalue weighted by atomic mass is 16.3. The molecule has 1 atom stereocenters. The molecule has 96 valence electrons. The van der Waals surface area contributed by atoms with Crippen LogP contribution in [0.25, 0.3) is 6.08 Å². The Kier molecular flexibility index (Phi) is 4.15. The molecule has 2 rings (SSSR count). The van der Waals surface area contributed by atoms with Crippen molar-refractivity contribution < 1.29 is 9.90 Å². The Hall–Kier alpha value is -1.61. The molecule has 1 unspecified atom stereocenters. The molecule has 0 aliphatic carbocycles. The first-order chi connectivity index (χ1) is 8.65. The second kappa shape index (κ2) is 5.83. The van der Waals surface area contributed by atoms with E-state index in [1.165, 1.54) is 5.56 Å². The van der Waals surface area contributed by atoms with Crippen LogP contribution in [-0.4, -0.2) is 35.1 Å². The van der Waals surface area contributed by atoms with E-state index in [1.807, 2.05) is 37.3 Å². The Morgan fingerprint density at radius 1 is 1.50 bits per heavy atom. The number of piperidine rings is 1. The first-order valence-electron chi connectivity index (χ1n) is 6.37. The van der Waals surface area contributed by atoms with Crippen molar-refractivity contribution in [1.29, 1.82) is 0 Å². The summed E-state index contributed by atoms with van der Waals surface area (Å²) in [4.78, 5) is 13.6. The van der Waals surface area contributed by atoms with E-state index >= 15 is 0 Å². The zero-order valence-corrected chi connectivity index (χ0v) is 10.7. The Balaban J connectivity index is 1.98. The van der Waals surface area contributed by atoms with Crippen molar-refractivity contribution in [3.63, 3.8) is 0 Å². The lowest BCUT2D eigenvalue weighted by Crippen LogP contribution is -2.41. The number of benzene rings is 1. The molecule has 1 aromatic carbocycles. The molecule has 0 saturated carbocycles. The minimum absolute atomic E-state index is 0.0183. The molecule has 0 spiro atoms. The molecule has 0 aromatic heterocycles. The SMILES string of the molecule is Cc1cccc(C=CC(=O)N2CCCC(O)C2)c1. The highest BCUT2D eigenvalue weighted by Crippen LogP contribution is 2.11. The Morgan fingerprint density at radius 2 is 2.33 bits per heavy atom. The van der Waals surface area contributed by atoms with Crippen molar-refractivity contribution in [3.8, 4) is 0 Å². The average molecular weight is 245 g/mol. The van der Waals surface area contributed by atoms with Gasteiger partial charge in [-0.2, -0.15) is 0 Å². The number of aliphatic hydroxyl groups excluding tert-OH is 1. The molecule has 1 N–H and O–H groups in total. The number of amides is 1. The van der Waals surface area contributed by atoms with Crippen LogP contribution >= 0.6 is 0 Å². The molecular formula is C15H19NO2. The minimum atomic E-state index is -0.366. The molecule has 0 bridgehead atoms. The molecule has 1 amide bonds. The van der Waals surface area contributed by atoms with Crippen molar-refractivity contribution in [1.82, 2.24) is 4.90 Å². The predicted molar refractivity (Wildman–Crippen MR) is 72.0 cm³/mol. The van der Waals surface area contributed by atoms with E-state index in [0.29, 0.717) is 6.54 Å². The van der Waals surface area contributed by atoms with Crippen molar-refractivity contribution >= 4 is 12.0 Å². The van der Waals surface area contributed by atoms with Crippen LogP contribution in [0.2, 0.25) is 0 Å². The van der Waals surface area contributed by atoms with Crippen LogP contribution in [0, 0.1) is 6.92 Å². The largest absolute Gasteiger partial charge is 0.391 e. The summed E-state index contributed by atoms with van der Waals surface area (Å²) in [5, 5.41) is 9.53. The van der Waals surface area contributed by atoms with Crippen molar-refractivity contribution in [2.75, 3.05) is 13.1 Å². The molecule has 1 aliphatic rings. The Bertz CT molecular complexity index is 454. The number of hydrogen-bond acceptors (Lipinski definition) is 2. The van der Waals surface area contributed by atoms with Gasteiger partial charge in [0.15, 0.2) is 0 Å². The molecule has 1 aliphatic heterocycles. The summed E-state index contributed by atoms with van der Waals surface area (Å²) in [6.07, 6.45) is 4.73. The van der Waals surface area contributed by atoms with Gasteiger partial charge < -0.3 is 10.0 Å². The number of aliphatic hydroxyl groups is 1. The summed E-state index contributed by atoms with van der Waals surface area (Å²) >= 11 is 0. The number of likely N-dealkylation sites (tertiary alicyclic amines) is 1. The summed E-state index contributed by atoms with van der Waals surface area (Å²) in [5.41, 5.74) is 2.21. The fraction of sp³-hybridized carbons (Fsp3) is 0.400. The fourth-order valence-corrected chi connectivity index (χ4v) is 2.20. The van der Waals surface area contributed by atoms with Gasteiger partial charge in [-0.1, -0.05) is 29.8 Å². The van der Waals surface area contributed by atoms with Gasteiger partial charge in [-0.05, 0) is 31.4 Å². The summed E-state index contributed by atoms with van der Waals surface area (Å²) in [6.45, 7) is 3.23. The van der Waals surface area contributed by atoms with Crippen molar-refractivity contribution in [3.05, 3.63) is 41.5 Å². The Labute approximate surface area is 108 Å². The monoisotopic (exact) mass is 245 g/mol. The topological polar surface area (TPSA) is 40.5 Å². The van der Waals surface area contributed by atoms with E-state index in [2.05, 4.69) is 0 Å². The van der Waals surface area contributed by atoms with Gasteiger partial charge in [-0.25, -0.2) is 0 Å². The molecular weight excluding hydrogens is 226 g/mol. The third kappa shape index (κ3) is 3.44. The zero-order valence-electron chi connectivity index (χ0n) is 10.7. The lowest BCUT2D eigenvalue weighted by molar-refractivity contribution is -0.128. The normalized spacial score (nSPS) is 20.3. The van der Waals surface area contributed by atoms with Crippen molar-refractivity contribution in [2.24, 2.45) is 0 Å². The van der Waals surface area contributed by atoms with Gasteiger partial charge in [0, 0.05) is 19.2 Å². The van der Waals surface area contributed by atoms with E-state index in [4.69, 9.17) is 0 Å². The maximum atomic E-state index is 11.9. The van der Waals surface area contributed by atoms with Crippen LogP contribution in [-0.2, 0) is 4.79 Å². The summed E-state index contributed by atoms with van der Waals surface area (Å²) in [5.74, 6) is -0.0183. The van der Waals surface area contributed by atoms with Gasteiger partial charge in [0.2, 0.25) is 5.91 Å². The van der Waals surface area contributed by atoms with Crippen LogP contribution in [0.15, 0.2) is 30.3 Å². The second-order valence-electron chi connectivity index (χ2n) is 4.83. The maximum absolute atomic E-state index is 11.9. The molecule has 3 heteroatoms. The predicted octanol–water partition coefficient (Wildman–Crippen LogP) is 1.99. The number of nitrogens with zero attached hydrogens (tertiary/aromatic N) is 1. The number of carbonyl (C=O) groups excluding carboxylic acids is 1. The van der Waals surface area contributed by atoms with Gasteiger partial charge in [-0.15, -0.1) is 0 Å². The van der Waals surface area contributed by atoms with E-state index < -0.39 is 0 Å². The molecule has 1 saturated heterocycles. The summed E-state index contributed by atoms with van der Waals surface area (Å²) < 4.78 is 0. The maximum Gasteiger partial charge on any atom is 0.246 e. The number of rotatable bonds is 2. The fourth-order valence-electron chi connectivity index (χ4n) is 2.20. The van der Waals surface area contributed by atoms with Crippen LogP contribution < -0.4 is 0 Å². The molecule has 3 nitrogen and oxygen atoms in total.